The van der Waals surface area contributed by atoms with Gasteiger partial charge in [-0.1, -0.05) is 13.3 Å². The molecule has 1 atom stereocenters. The molecule has 5 nitrogen and oxygen atoms in total. The molecule has 5 heteroatoms. The van der Waals surface area contributed by atoms with Crippen LogP contribution in [-0.4, -0.2) is 33.7 Å². The lowest BCUT2D eigenvalue weighted by atomic mass is 10.0. The average Bonchev–Trinajstić information content (AvgIpc) is 2.92. The maximum atomic E-state index is 12.3. The highest BCUT2D eigenvalue weighted by atomic mass is 16.2. The van der Waals surface area contributed by atoms with E-state index in [4.69, 9.17) is 5.73 Å². The molecule has 2 heterocycles. The van der Waals surface area contributed by atoms with Gasteiger partial charge in [0.2, 0.25) is 5.91 Å². The Morgan fingerprint density at radius 3 is 2.79 bits per heavy atom. The minimum absolute atomic E-state index is 0.157. The van der Waals surface area contributed by atoms with Gasteiger partial charge in [0.1, 0.15) is 6.54 Å². The number of nitrogen functional groups attached to an aromatic ring is 1. The Balaban J connectivity index is 1.96. The van der Waals surface area contributed by atoms with Crippen molar-refractivity contribution in [2.75, 3.05) is 18.8 Å². The highest BCUT2D eigenvalue weighted by Gasteiger charge is 2.26. The van der Waals surface area contributed by atoms with Crippen LogP contribution in [0.25, 0.3) is 0 Å². The van der Waals surface area contributed by atoms with Gasteiger partial charge in [0.05, 0.1) is 17.1 Å². The van der Waals surface area contributed by atoms with Gasteiger partial charge in [-0.25, -0.2) is 0 Å². The molecule has 1 aromatic rings. The van der Waals surface area contributed by atoms with E-state index in [1.807, 2.05) is 18.7 Å². The number of carbonyl (C=O) groups is 1. The van der Waals surface area contributed by atoms with Crippen molar-refractivity contribution in [3.8, 4) is 0 Å². The summed E-state index contributed by atoms with van der Waals surface area (Å²) in [5, 5.41) is 4.32. The number of amides is 1. The Morgan fingerprint density at radius 2 is 2.21 bits per heavy atom. The summed E-state index contributed by atoms with van der Waals surface area (Å²) in [6.07, 6.45) is 3.55. The first-order valence-electron chi connectivity index (χ1n) is 7.10. The zero-order chi connectivity index (χ0) is 14.0. The first-order valence-corrected chi connectivity index (χ1v) is 7.10. The van der Waals surface area contributed by atoms with Crippen LogP contribution in [0, 0.1) is 19.8 Å². The van der Waals surface area contributed by atoms with Crippen LogP contribution in [0.3, 0.4) is 0 Å². The molecule has 2 N–H and O–H groups in total. The lowest BCUT2D eigenvalue weighted by Gasteiger charge is -2.17. The van der Waals surface area contributed by atoms with Crippen molar-refractivity contribution in [1.29, 1.82) is 0 Å². The fourth-order valence-electron chi connectivity index (χ4n) is 2.80. The van der Waals surface area contributed by atoms with Gasteiger partial charge in [-0.05, 0) is 32.6 Å². The number of carbonyl (C=O) groups excluding carboxylic acids is 1. The van der Waals surface area contributed by atoms with Gasteiger partial charge in [0.15, 0.2) is 0 Å². The Morgan fingerprint density at radius 1 is 1.47 bits per heavy atom. The Labute approximate surface area is 114 Å². The molecule has 2 rings (SSSR count). The third-order valence-electron chi connectivity index (χ3n) is 4.06. The van der Waals surface area contributed by atoms with Crippen LogP contribution in [-0.2, 0) is 11.3 Å². The van der Waals surface area contributed by atoms with Crippen LogP contribution in [0.1, 0.15) is 37.6 Å². The standard InChI is InChI=1S/C14H24N4O/c1-4-5-12-6-7-17(8-12)13(19)9-18-11(3)14(15)10(2)16-18/h12H,4-9,15H2,1-3H3. The highest BCUT2D eigenvalue weighted by Crippen LogP contribution is 2.21. The molecular weight excluding hydrogens is 240 g/mol. The molecule has 0 aliphatic carbocycles. The molecule has 0 spiro atoms. The molecule has 1 aromatic heterocycles. The van der Waals surface area contributed by atoms with Crippen molar-refractivity contribution in [3.63, 3.8) is 0 Å². The van der Waals surface area contributed by atoms with Crippen molar-refractivity contribution in [2.24, 2.45) is 5.92 Å². The molecule has 1 aliphatic rings. The first-order chi connectivity index (χ1) is 9.02. The summed E-state index contributed by atoms with van der Waals surface area (Å²) in [5.74, 6) is 0.837. The van der Waals surface area contributed by atoms with Crippen molar-refractivity contribution in [1.82, 2.24) is 14.7 Å². The number of anilines is 1. The van der Waals surface area contributed by atoms with E-state index in [1.54, 1.807) is 4.68 Å². The van der Waals surface area contributed by atoms with E-state index in [0.29, 0.717) is 18.2 Å². The van der Waals surface area contributed by atoms with E-state index >= 15 is 0 Å². The summed E-state index contributed by atoms with van der Waals surface area (Å²) in [7, 11) is 0. The quantitative estimate of drug-likeness (QED) is 0.900. The Hall–Kier alpha value is -1.52. The van der Waals surface area contributed by atoms with E-state index in [1.165, 1.54) is 12.8 Å². The number of aromatic nitrogens is 2. The molecule has 1 aliphatic heterocycles. The molecule has 0 radical (unpaired) electrons. The third kappa shape index (κ3) is 2.91. The highest BCUT2D eigenvalue weighted by molar-refractivity contribution is 5.76. The second kappa shape index (κ2) is 5.63. The summed E-state index contributed by atoms with van der Waals surface area (Å²) >= 11 is 0. The third-order valence-corrected chi connectivity index (χ3v) is 4.06. The van der Waals surface area contributed by atoms with Gasteiger partial charge in [-0.3, -0.25) is 9.48 Å². The SMILES string of the molecule is CCCC1CCN(C(=O)Cn2nc(C)c(N)c2C)C1. The van der Waals surface area contributed by atoms with E-state index in [0.717, 1.165) is 30.9 Å². The Bertz CT molecular complexity index is 466. The monoisotopic (exact) mass is 264 g/mol. The minimum atomic E-state index is 0.157. The summed E-state index contributed by atoms with van der Waals surface area (Å²) in [6, 6.07) is 0. The fourth-order valence-corrected chi connectivity index (χ4v) is 2.80. The minimum Gasteiger partial charge on any atom is -0.396 e. The van der Waals surface area contributed by atoms with Crippen LogP contribution < -0.4 is 5.73 Å². The summed E-state index contributed by atoms with van der Waals surface area (Å²) in [4.78, 5) is 14.2. The second-order valence-corrected chi connectivity index (χ2v) is 5.53. The zero-order valence-electron chi connectivity index (χ0n) is 12.1. The molecule has 0 bridgehead atoms. The predicted octanol–water partition coefficient (Wildman–Crippen LogP) is 1.73. The number of rotatable bonds is 4. The maximum Gasteiger partial charge on any atom is 0.244 e. The number of aryl methyl sites for hydroxylation is 1. The van der Waals surface area contributed by atoms with Gasteiger partial charge in [0.25, 0.3) is 0 Å². The van der Waals surface area contributed by atoms with Crippen LogP contribution in [0.15, 0.2) is 0 Å². The predicted molar refractivity (Wildman–Crippen MR) is 75.7 cm³/mol. The van der Waals surface area contributed by atoms with Gasteiger partial charge in [0, 0.05) is 13.1 Å². The summed E-state index contributed by atoms with van der Waals surface area (Å²) in [6.45, 7) is 8.08. The fraction of sp³-hybridized carbons (Fsp3) is 0.714. The average molecular weight is 264 g/mol. The number of hydrogen-bond acceptors (Lipinski definition) is 3. The zero-order valence-corrected chi connectivity index (χ0v) is 12.1. The summed E-state index contributed by atoms with van der Waals surface area (Å²) in [5.41, 5.74) is 8.26. The molecule has 106 valence electrons. The van der Waals surface area contributed by atoms with E-state index < -0.39 is 0 Å². The van der Waals surface area contributed by atoms with Crippen molar-refractivity contribution < 1.29 is 4.79 Å². The van der Waals surface area contributed by atoms with Gasteiger partial charge in [-0.2, -0.15) is 5.10 Å². The van der Waals surface area contributed by atoms with Crippen molar-refractivity contribution in [2.45, 2.75) is 46.6 Å². The van der Waals surface area contributed by atoms with Crippen molar-refractivity contribution >= 4 is 11.6 Å². The van der Waals surface area contributed by atoms with Crippen molar-refractivity contribution in [3.05, 3.63) is 11.4 Å². The molecule has 19 heavy (non-hydrogen) atoms. The molecule has 0 saturated carbocycles. The van der Waals surface area contributed by atoms with Crippen LogP contribution >= 0.6 is 0 Å². The molecule has 1 saturated heterocycles. The van der Waals surface area contributed by atoms with Crippen LogP contribution in [0.4, 0.5) is 5.69 Å². The lowest BCUT2D eigenvalue weighted by molar-refractivity contribution is -0.131. The van der Waals surface area contributed by atoms with E-state index in [2.05, 4.69) is 12.0 Å². The number of likely N-dealkylation sites (tertiary alicyclic amines) is 1. The normalized spacial score (nSPS) is 19.1. The second-order valence-electron chi connectivity index (χ2n) is 5.53. The van der Waals surface area contributed by atoms with Gasteiger partial charge >= 0.3 is 0 Å². The lowest BCUT2D eigenvalue weighted by Crippen LogP contribution is -2.32. The van der Waals surface area contributed by atoms with E-state index in [9.17, 15) is 4.79 Å². The molecule has 0 aromatic carbocycles. The van der Waals surface area contributed by atoms with Crippen LogP contribution in [0.5, 0.6) is 0 Å². The number of nitrogens with two attached hydrogens (primary N) is 1. The topological polar surface area (TPSA) is 64.2 Å². The molecule has 1 unspecified atom stereocenters. The number of nitrogens with zero attached hydrogens (tertiary/aromatic N) is 3. The largest absolute Gasteiger partial charge is 0.396 e. The van der Waals surface area contributed by atoms with Gasteiger partial charge < -0.3 is 10.6 Å². The van der Waals surface area contributed by atoms with Crippen LogP contribution in [0.2, 0.25) is 0 Å². The van der Waals surface area contributed by atoms with E-state index in [-0.39, 0.29) is 5.91 Å². The first kappa shape index (κ1) is 13.9. The van der Waals surface area contributed by atoms with Gasteiger partial charge in [-0.15, -0.1) is 0 Å². The molecular formula is C14H24N4O. The smallest absolute Gasteiger partial charge is 0.244 e. The molecule has 1 fully saturated rings. The maximum absolute atomic E-state index is 12.3. The number of hydrogen-bond donors (Lipinski definition) is 1. The Kier molecular flexibility index (Phi) is 4.12. The summed E-state index contributed by atoms with van der Waals surface area (Å²) < 4.78 is 1.72. The molecule has 1 amide bonds.